The van der Waals surface area contributed by atoms with Crippen molar-refractivity contribution in [2.75, 3.05) is 13.1 Å². The Morgan fingerprint density at radius 1 is 1.33 bits per heavy atom. The van der Waals surface area contributed by atoms with Crippen LogP contribution in [0.25, 0.3) is 0 Å². The predicted molar refractivity (Wildman–Crippen MR) is 68.7 cm³/mol. The summed E-state index contributed by atoms with van der Waals surface area (Å²) in [4.78, 5) is 14.1. The average Bonchev–Trinajstić information content (AvgIpc) is 3.15. The minimum Gasteiger partial charge on any atom is -0.504 e. The SMILES string of the molecule is CCCN(CC1CC1)C(=O)c1ccc(O)c(O)c1. The Balaban J connectivity index is 2.12. The Morgan fingerprint density at radius 2 is 2.06 bits per heavy atom. The molecule has 0 heterocycles. The van der Waals surface area contributed by atoms with E-state index in [9.17, 15) is 15.0 Å². The maximum atomic E-state index is 12.3. The molecule has 1 aliphatic carbocycles. The van der Waals surface area contributed by atoms with Gasteiger partial charge in [-0.2, -0.15) is 0 Å². The Hall–Kier alpha value is -1.71. The van der Waals surface area contributed by atoms with Crippen LogP contribution in [-0.4, -0.2) is 34.1 Å². The summed E-state index contributed by atoms with van der Waals surface area (Å²) in [6, 6.07) is 4.23. The summed E-state index contributed by atoms with van der Waals surface area (Å²) in [6.07, 6.45) is 3.32. The number of phenols is 2. The lowest BCUT2D eigenvalue weighted by molar-refractivity contribution is 0.0747. The van der Waals surface area contributed by atoms with E-state index in [-0.39, 0.29) is 17.4 Å². The van der Waals surface area contributed by atoms with Crippen LogP contribution in [0, 0.1) is 5.92 Å². The molecule has 1 aliphatic rings. The van der Waals surface area contributed by atoms with Crippen molar-refractivity contribution >= 4 is 5.91 Å². The first-order valence-electron chi connectivity index (χ1n) is 6.43. The fourth-order valence-corrected chi connectivity index (χ4v) is 2.00. The van der Waals surface area contributed by atoms with Gasteiger partial charge in [0.25, 0.3) is 5.91 Å². The zero-order valence-corrected chi connectivity index (χ0v) is 10.6. The molecule has 1 amide bonds. The molecule has 4 heteroatoms. The van der Waals surface area contributed by atoms with Crippen LogP contribution < -0.4 is 0 Å². The molecular formula is C14H19NO3. The van der Waals surface area contributed by atoms with Crippen LogP contribution in [0.5, 0.6) is 11.5 Å². The molecule has 4 nitrogen and oxygen atoms in total. The maximum absolute atomic E-state index is 12.3. The zero-order chi connectivity index (χ0) is 13.1. The second kappa shape index (κ2) is 5.29. The van der Waals surface area contributed by atoms with Gasteiger partial charge >= 0.3 is 0 Å². The molecule has 1 fully saturated rings. The number of hydrogen-bond donors (Lipinski definition) is 2. The third-order valence-electron chi connectivity index (χ3n) is 3.18. The molecule has 0 unspecified atom stereocenters. The van der Waals surface area contributed by atoms with Gasteiger partial charge in [-0.15, -0.1) is 0 Å². The summed E-state index contributed by atoms with van der Waals surface area (Å²) >= 11 is 0. The van der Waals surface area contributed by atoms with Crippen molar-refractivity contribution in [3.8, 4) is 11.5 Å². The fourth-order valence-electron chi connectivity index (χ4n) is 2.00. The number of benzene rings is 1. The largest absolute Gasteiger partial charge is 0.504 e. The van der Waals surface area contributed by atoms with Crippen molar-refractivity contribution in [3.05, 3.63) is 23.8 Å². The van der Waals surface area contributed by atoms with Crippen LogP contribution in [0.15, 0.2) is 18.2 Å². The minimum absolute atomic E-state index is 0.0703. The Kier molecular flexibility index (Phi) is 3.75. The van der Waals surface area contributed by atoms with Crippen molar-refractivity contribution in [1.82, 2.24) is 4.90 Å². The van der Waals surface area contributed by atoms with Crippen LogP contribution in [-0.2, 0) is 0 Å². The Labute approximate surface area is 107 Å². The second-order valence-corrected chi connectivity index (χ2v) is 4.90. The third kappa shape index (κ3) is 2.94. The highest BCUT2D eigenvalue weighted by atomic mass is 16.3. The molecule has 0 bridgehead atoms. The van der Waals surface area contributed by atoms with E-state index in [4.69, 9.17) is 0 Å². The van der Waals surface area contributed by atoms with Gasteiger partial charge in [0.2, 0.25) is 0 Å². The van der Waals surface area contributed by atoms with Gasteiger partial charge < -0.3 is 15.1 Å². The normalized spacial score (nSPS) is 14.5. The molecule has 0 saturated heterocycles. The second-order valence-electron chi connectivity index (χ2n) is 4.90. The van der Waals surface area contributed by atoms with E-state index in [2.05, 4.69) is 0 Å². The maximum Gasteiger partial charge on any atom is 0.254 e. The van der Waals surface area contributed by atoms with Crippen molar-refractivity contribution in [3.63, 3.8) is 0 Å². The van der Waals surface area contributed by atoms with Crippen LogP contribution in [0.3, 0.4) is 0 Å². The van der Waals surface area contributed by atoms with E-state index in [1.807, 2.05) is 11.8 Å². The number of rotatable bonds is 5. The van der Waals surface area contributed by atoms with E-state index in [1.165, 1.54) is 25.0 Å². The lowest BCUT2D eigenvalue weighted by Gasteiger charge is -2.22. The van der Waals surface area contributed by atoms with Crippen LogP contribution in [0.4, 0.5) is 0 Å². The van der Waals surface area contributed by atoms with E-state index >= 15 is 0 Å². The average molecular weight is 249 g/mol. The van der Waals surface area contributed by atoms with Gasteiger partial charge in [0.05, 0.1) is 0 Å². The van der Waals surface area contributed by atoms with Gasteiger partial charge in [0.1, 0.15) is 0 Å². The Bertz CT molecular complexity index is 441. The molecule has 0 radical (unpaired) electrons. The molecule has 1 aromatic carbocycles. The zero-order valence-electron chi connectivity index (χ0n) is 10.6. The molecule has 18 heavy (non-hydrogen) atoms. The molecule has 1 saturated carbocycles. The quantitative estimate of drug-likeness (QED) is 0.787. The molecule has 0 aliphatic heterocycles. The van der Waals surface area contributed by atoms with E-state index < -0.39 is 0 Å². The van der Waals surface area contributed by atoms with Gasteiger partial charge in [0.15, 0.2) is 11.5 Å². The smallest absolute Gasteiger partial charge is 0.254 e. The van der Waals surface area contributed by atoms with Crippen molar-refractivity contribution in [2.24, 2.45) is 5.92 Å². The highest BCUT2D eigenvalue weighted by molar-refractivity contribution is 5.94. The molecule has 0 atom stereocenters. The number of phenolic OH excluding ortho intramolecular Hbond substituents is 2. The van der Waals surface area contributed by atoms with Crippen LogP contribution in [0.1, 0.15) is 36.5 Å². The number of amides is 1. The van der Waals surface area contributed by atoms with Gasteiger partial charge in [0, 0.05) is 18.7 Å². The molecule has 98 valence electrons. The topological polar surface area (TPSA) is 60.8 Å². The summed E-state index contributed by atoms with van der Waals surface area (Å²) < 4.78 is 0. The van der Waals surface area contributed by atoms with Crippen molar-refractivity contribution < 1.29 is 15.0 Å². The first-order valence-corrected chi connectivity index (χ1v) is 6.43. The molecule has 0 aromatic heterocycles. The van der Waals surface area contributed by atoms with Gasteiger partial charge in [-0.3, -0.25) is 4.79 Å². The lowest BCUT2D eigenvalue weighted by Crippen LogP contribution is -2.33. The van der Waals surface area contributed by atoms with Gasteiger partial charge in [-0.25, -0.2) is 0 Å². The fraction of sp³-hybridized carbons (Fsp3) is 0.500. The first kappa shape index (κ1) is 12.7. The van der Waals surface area contributed by atoms with E-state index in [0.29, 0.717) is 11.5 Å². The van der Waals surface area contributed by atoms with Crippen molar-refractivity contribution in [1.29, 1.82) is 0 Å². The number of carbonyl (C=O) groups excluding carboxylic acids is 1. The third-order valence-corrected chi connectivity index (χ3v) is 3.18. The van der Waals surface area contributed by atoms with E-state index in [1.54, 1.807) is 6.07 Å². The van der Waals surface area contributed by atoms with E-state index in [0.717, 1.165) is 19.5 Å². The van der Waals surface area contributed by atoms with Crippen LogP contribution in [0.2, 0.25) is 0 Å². The summed E-state index contributed by atoms with van der Waals surface area (Å²) in [5.74, 6) is 0.129. The summed E-state index contributed by atoms with van der Waals surface area (Å²) in [5, 5.41) is 18.7. The molecule has 2 rings (SSSR count). The summed E-state index contributed by atoms with van der Waals surface area (Å²) in [6.45, 7) is 3.58. The molecular weight excluding hydrogens is 230 g/mol. The van der Waals surface area contributed by atoms with Gasteiger partial charge in [-0.05, 0) is 43.4 Å². The summed E-state index contributed by atoms with van der Waals surface area (Å²) in [5.41, 5.74) is 0.430. The monoisotopic (exact) mass is 249 g/mol. The standard InChI is InChI=1S/C14H19NO3/c1-2-7-15(9-10-3-4-10)14(18)11-5-6-12(16)13(17)8-11/h5-6,8,10,16-17H,2-4,7,9H2,1H3. The first-order chi connectivity index (χ1) is 8.61. The highest BCUT2D eigenvalue weighted by Crippen LogP contribution is 2.31. The number of nitrogens with zero attached hydrogens (tertiary/aromatic N) is 1. The predicted octanol–water partition coefficient (Wildman–Crippen LogP) is 2.36. The number of aromatic hydroxyl groups is 2. The van der Waals surface area contributed by atoms with Crippen LogP contribution >= 0.6 is 0 Å². The van der Waals surface area contributed by atoms with Crippen molar-refractivity contribution in [2.45, 2.75) is 26.2 Å². The summed E-state index contributed by atoms with van der Waals surface area (Å²) in [7, 11) is 0. The Morgan fingerprint density at radius 3 is 2.61 bits per heavy atom. The minimum atomic E-state index is -0.247. The highest BCUT2D eigenvalue weighted by Gasteiger charge is 2.27. The lowest BCUT2D eigenvalue weighted by atomic mass is 10.1. The van der Waals surface area contributed by atoms with Gasteiger partial charge in [-0.1, -0.05) is 6.92 Å². The number of hydrogen-bond acceptors (Lipinski definition) is 3. The molecule has 0 spiro atoms. The molecule has 1 aromatic rings. The number of carbonyl (C=O) groups is 1. The molecule has 2 N–H and O–H groups in total.